The van der Waals surface area contributed by atoms with Crippen molar-refractivity contribution in [3.63, 3.8) is 0 Å². The molecule has 6 nitrogen and oxygen atoms in total. The van der Waals surface area contributed by atoms with Gasteiger partial charge in [0.25, 0.3) is 5.92 Å². The van der Waals surface area contributed by atoms with E-state index in [1.54, 1.807) is 0 Å². The molecule has 0 spiro atoms. The Morgan fingerprint density at radius 2 is 2.04 bits per heavy atom. The van der Waals surface area contributed by atoms with Gasteiger partial charge in [-0.25, -0.2) is 13.8 Å². The summed E-state index contributed by atoms with van der Waals surface area (Å²) in [5.41, 5.74) is -0.896. The summed E-state index contributed by atoms with van der Waals surface area (Å²) in [4.78, 5) is 19.3. The SMILES string of the molecule is O=C([C@@H]1C[C@H](N2CCn3cc(C(F)(F)F)nc3C2)CN1)N1CCC(F)(F)C1. The van der Waals surface area contributed by atoms with Crippen LogP contribution in [0.4, 0.5) is 22.0 Å². The van der Waals surface area contributed by atoms with Crippen molar-refractivity contribution in [1.82, 2.24) is 24.7 Å². The zero-order chi connectivity index (χ0) is 19.4. The number of carbonyl (C=O) groups excluding carboxylic acids is 1. The predicted octanol–water partition coefficient (Wildman–Crippen LogP) is 1.32. The first-order valence-electron chi connectivity index (χ1n) is 8.90. The third kappa shape index (κ3) is 3.66. The second kappa shape index (κ2) is 6.40. The van der Waals surface area contributed by atoms with Gasteiger partial charge in [0.05, 0.1) is 19.1 Å². The highest BCUT2D eigenvalue weighted by molar-refractivity contribution is 5.82. The molecule has 0 unspecified atom stereocenters. The molecule has 0 saturated carbocycles. The fourth-order valence-electron chi connectivity index (χ4n) is 4.05. The zero-order valence-electron chi connectivity index (χ0n) is 14.5. The van der Waals surface area contributed by atoms with Gasteiger partial charge in [0, 0.05) is 44.8 Å². The summed E-state index contributed by atoms with van der Waals surface area (Å²) in [5, 5.41) is 3.08. The molecule has 2 fully saturated rings. The number of imidazole rings is 1. The number of aromatic nitrogens is 2. The molecule has 1 amide bonds. The van der Waals surface area contributed by atoms with Crippen molar-refractivity contribution in [2.24, 2.45) is 0 Å². The van der Waals surface area contributed by atoms with Crippen molar-refractivity contribution in [1.29, 1.82) is 0 Å². The Bertz CT molecular complexity index is 733. The van der Waals surface area contributed by atoms with Crippen LogP contribution in [-0.2, 0) is 24.1 Å². The van der Waals surface area contributed by atoms with Crippen LogP contribution in [0.3, 0.4) is 0 Å². The lowest BCUT2D eigenvalue weighted by Crippen LogP contribution is -2.43. The Morgan fingerprint density at radius 1 is 1.26 bits per heavy atom. The summed E-state index contributed by atoms with van der Waals surface area (Å²) in [7, 11) is 0. The maximum atomic E-state index is 13.3. The Labute approximate surface area is 152 Å². The molecule has 1 aromatic heterocycles. The van der Waals surface area contributed by atoms with E-state index in [9.17, 15) is 26.7 Å². The van der Waals surface area contributed by atoms with Gasteiger partial charge < -0.3 is 14.8 Å². The molecule has 27 heavy (non-hydrogen) atoms. The molecular weight excluding hydrogens is 373 g/mol. The summed E-state index contributed by atoms with van der Waals surface area (Å²) in [5.74, 6) is -2.80. The van der Waals surface area contributed by atoms with Gasteiger partial charge in [-0.1, -0.05) is 0 Å². The van der Waals surface area contributed by atoms with Gasteiger partial charge >= 0.3 is 6.18 Å². The lowest BCUT2D eigenvalue weighted by atomic mass is 10.1. The number of carbonyl (C=O) groups is 1. The van der Waals surface area contributed by atoms with Crippen molar-refractivity contribution in [2.75, 3.05) is 26.2 Å². The number of alkyl halides is 5. The third-order valence-electron chi connectivity index (χ3n) is 5.53. The van der Waals surface area contributed by atoms with E-state index >= 15 is 0 Å². The van der Waals surface area contributed by atoms with Crippen molar-refractivity contribution in [3.05, 3.63) is 17.7 Å². The molecule has 1 N–H and O–H groups in total. The van der Waals surface area contributed by atoms with Gasteiger partial charge in [-0.3, -0.25) is 9.69 Å². The zero-order valence-corrected chi connectivity index (χ0v) is 14.5. The second-order valence-electron chi connectivity index (χ2n) is 7.42. The molecule has 0 bridgehead atoms. The highest BCUT2D eigenvalue weighted by Gasteiger charge is 2.44. The number of amides is 1. The third-order valence-corrected chi connectivity index (χ3v) is 5.53. The first-order chi connectivity index (χ1) is 12.6. The predicted molar refractivity (Wildman–Crippen MR) is 84.0 cm³/mol. The highest BCUT2D eigenvalue weighted by Crippen LogP contribution is 2.31. The van der Waals surface area contributed by atoms with E-state index < -0.39 is 30.4 Å². The normalized spacial score (nSPS) is 28.6. The highest BCUT2D eigenvalue weighted by atomic mass is 19.4. The second-order valence-corrected chi connectivity index (χ2v) is 7.42. The molecular formula is C16H20F5N5O. The average Bonchev–Trinajstić information content (AvgIpc) is 3.30. The van der Waals surface area contributed by atoms with E-state index in [1.165, 1.54) is 9.47 Å². The van der Waals surface area contributed by atoms with Crippen LogP contribution in [-0.4, -0.2) is 69.4 Å². The Balaban J connectivity index is 1.37. The summed E-state index contributed by atoms with van der Waals surface area (Å²) in [6.45, 7) is 1.21. The minimum absolute atomic E-state index is 0.0400. The Morgan fingerprint density at radius 3 is 2.70 bits per heavy atom. The lowest BCUT2D eigenvalue weighted by molar-refractivity contribution is -0.141. The van der Waals surface area contributed by atoms with E-state index in [1.807, 2.05) is 4.90 Å². The van der Waals surface area contributed by atoms with Gasteiger partial charge in [-0.05, 0) is 6.42 Å². The molecule has 0 radical (unpaired) electrons. The minimum Gasteiger partial charge on any atom is -0.335 e. The van der Waals surface area contributed by atoms with E-state index in [0.29, 0.717) is 31.9 Å². The van der Waals surface area contributed by atoms with Gasteiger partial charge in [-0.15, -0.1) is 0 Å². The number of rotatable bonds is 2. The van der Waals surface area contributed by atoms with Gasteiger partial charge in [0.2, 0.25) is 5.91 Å². The topological polar surface area (TPSA) is 53.4 Å². The van der Waals surface area contributed by atoms with Crippen molar-refractivity contribution in [2.45, 2.75) is 50.1 Å². The van der Waals surface area contributed by atoms with E-state index in [0.717, 1.165) is 6.20 Å². The summed E-state index contributed by atoms with van der Waals surface area (Å²) in [6.07, 6.45) is -3.31. The van der Waals surface area contributed by atoms with Crippen LogP contribution in [0.5, 0.6) is 0 Å². The van der Waals surface area contributed by atoms with E-state index in [-0.39, 0.29) is 31.5 Å². The van der Waals surface area contributed by atoms with E-state index in [2.05, 4.69) is 10.3 Å². The van der Waals surface area contributed by atoms with Gasteiger partial charge in [0.1, 0.15) is 5.82 Å². The molecule has 3 aliphatic rings. The maximum Gasteiger partial charge on any atom is 0.434 e. The number of nitrogens with zero attached hydrogens (tertiary/aromatic N) is 4. The molecule has 4 heterocycles. The largest absolute Gasteiger partial charge is 0.434 e. The van der Waals surface area contributed by atoms with Crippen molar-refractivity contribution in [3.8, 4) is 0 Å². The molecule has 4 rings (SSSR count). The molecule has 11 heteroatoms. The van der Waals surface area contributed by atoms with Crippen LogP contribution in [0.15, 0.2) is 6.20 Å². The smallest absolute Gasteiger partial charge is 0.335 e. The van der Waals surface area contributed by atoms with Crippen molar-refractivity contribution >= 4 is 5.91 Å². The molecule has 1 aromatic rings. The van der Waals surface area contributed by atoms with Crippen LogP contribution in [0.25, 0.3) is 0 Å². The number of likely N-dealkylation sites (tertiary alicyclic amines) is 1. The first kappa shape index (κ1) is 18.6. The molecule has 150 valence electrons. The fraction of sp³-hybridized carbons (Fsp3) is 0.750. The first-order valence-corrected chi connectivity index (χ1v) is 8.90. The number of nitrogens with one attached hydrogen (secondary N) is 1. The van der Waals surface area contributed by atoms with Crippen molar-refractivity contribution < 1.29 is 26.7 Å². The Hall–Kier alpha value is -1.75. The number of halogens is 5. The molecule has 2 saturated heterocycles. The summed E-state index contributed by atoms with van der Waals surface area (Å²) < 4.78 is 66.6. The number of fused-ring (bicyclic) bond motifs is 1. The van der Waals surface area contributed by atoms with Crippen LogP contribution in [0.1, 0.15) is 24.4 Å². The molecule has 3 aliphatic heterocycles. The van der Waals surface area contributed by atoms with Crippen LogP contribution >= 0.6 is 0 Å². The number of hydrogen-bond donors (Lipinski definition) is 1. The van der Waals surface area contributed by atoms with Crippen LogP contribution in [0, 0.1) is 0 Å². The van der Waals surface area contributed by atoms with Gasteiger partial charge in [-0.2, -0.15) is 13.2 Å². The summed E-state index contributed by atoms with van der Waals surface area (Å²) >= 11 is 0. The average molecular weight is 393 g/mol. The van der Waals surface area contributed by atoms with Crippen LogP contribution in [0.2, 0.25) is 0 Å². The lowest BCUT2D eigenvalue weighted by Gasteiger charge is -2.32. The fourth-order valence-corrected chi connectivity index (χ4v) is 4.05. The maximum absolute atomic E-state index is 13.3. The molecule has 2 atom stereocenters. The monoisotopic (exact) mass is 393 g/mol. The van der Waals surface area contributed by atoms with E-state index in [4.69, 9.17) is 0 Å². The minimum atomic E-state index is -4.47. The molecule has 0 aliphatic carbocycles. The standard InChI is InChI=1S/C16H20F5N5O/c17-15(18)1-2-26(9-15)14(27)11-5-10(6-22-11)24-3-4-25-7-12(16(19,20)21)23-13(25)8-24/h7,10-11,22H,1-6,8-9H2/t10-,11-/m0/s1. The van der Waals surface area contributed by atoms with Crippen LogP contribution < -0.4 is 5.32 Å². The van der Waals surface area contributed by atoms with Gasteiger partial charge in [0.15, 0.2) is 5.69 Å². The quantitative estimate of drug-likeness (QED) is 0.771. The molecule has 0 aromatic carbocycles. The summed E-state index contributed by atoms with van der Waals surface area (Å²) in [6, 6.07) is -0.571. The number of hydrogen-bond acceptors (Lipinski definition) is 4. The Kier molecular flexibility index (Phi) is 4.41.